The van der Waals surface area contributed by atoms with E-state index in [4.69, 9.17) is 4.74 Å². The monoisotopic (exact) mass is 277 g/mol. The van der Waals surface area contributed by atoms with Crippen molar-refractivity contribution in [2.75, 3.05) is 27.7 Å². The number of methoxy groups -OCH3 is 1. The van der Waals surface area contributed by atoms with Crippen molar-refractivity contribution in [1.82, 2.24) is 14.7 Å². The lowest BCUT2D eigenvalue weighted by Crippen LogP contribution is -2.22. The van der Waals surface area contributed by atoms with Crippen LogP contribution in [0.4, 0.5) is 0 Å². The van der Waals surface area contributed by atoms with Crippen LogP contribution >= 0.6 is 0 Å². The number of likely N-dealkylation sites (N-methyl/N-ethyl adjacent to an activating group) is 1. The van der Waals surface area contributed by atoms with E-state index in [-0.39, 0.29) is 5.78 Å². The van der Waals surface area contributed by atoms with Gasteiger partial charge in [0.05, 0.1) is 19.9 Å². The zero-order chi connectivity index (χ0) is 14.5. The van der Waals surface area contributed by atoms with Crippen molar-refractivity contribution in [3.63, 3.8) is 0 Å². The minimum absolute atomic E-state index is 0.0674. The van der Waals surface area contributed by atoms with Gasteiger partial charge >= 0.3 is 0 Å². The van der Waals surface area contributed by atoms with Gasteiger partial charge in [-0.25, -0.2) is 0 Å². The van der Waals surface area contributed by atoms with E-state index < -0.39 is 0 Å². The van der Waals surface area contributed by atoms with Gasteiger partial charge in [0.25, 0.3) is 0 Å². The van der Waals surface area contributed by atoms with Gasteiger partial charge in [0.1, 0.15) is 0 Å². The first-order valence-corrected chi connectivity index (χ1v) is 7.11. The van der Waals surface area contributed by atoms with E-state index in [9.17, 15) is 4.79 Å². The summed E-state index contributed by atoms with van der Waals surface area (Å²) < 4.78 is 7.06. The highest BCUT2D eigenvalue weighted by atomic mass is 16.5. The van der Waals surface area contributed by atoms with Gasteiger partial charge < -0.3 is 9.64 Å². The first kappa shape index (κ1) is 14.8. The topological polar surface area (TPSA) is 47.4 Å². The van der Waals surface area contributed by atoms with Crippen molar-refractivity contribution in [3.05, 3.63) is 23.5 Å². The summed E-state index contributed by atoms with van der Waals surface area (Å²) in [4.78, 5) is 14.8. The number of ether oxygens (including phenoxy) is 1. The molecule has 1 aliphatic carbocycles. The van der Waals surface area contributed by atoms with E-state index in [1.54, 1.807) is 18.0 Å². The van der Waals surface area contributed by atoms with Crippen molar-refractivity contribution in [2.24, 2.45) is 0 Å². The minimum atomic E-state index is 0.0674. The molecule has 5 nitrogen and oxygen atoms in total. The van der Waals surface area contributed by atoms with Crippen molar-refractivity contribution in [3.8, 4) is 5.75 Å². The second kappa shape index (κ2) is 6.70. The summed E-state index contributed by atoms with van der Waals surface area (Å²) in [6.45, 7) is 1.52. The molecule has 1 heterocycles. The highest BCUT2D eigenvalue weighted by Gasteiger charge is 2.23. The molecule has 5 heteroatoms. The van der Waals surface area contributed by atoms with E-state index in [0.29, 0.717) is 18.0 Å². The lowest BCUT2D eigenvalue weighted by Gasteiger charge is -2.15. The average molecular weight is 277 g/mol. The fourth-order valence-corrected chi connectivity index (χ4v) is 2.41. The fraction of sp³-hybridized carbons (Fsp3) is 0.600. The summed E-state index contributed by atoms with van der Waals surface area (Å²) in [7, 11) is 5.59. The molecule has 1 aromatic heterocycles. The Hall–Kier alpha value is -1.62. The molecule has 0 atom stereocenters. The molecular weight excluding hydrogens is 254 g/mol. The first-order valence-electron chi connectivity index (χ1n) is 7.11. The molecule has 0 spiro atoms. The average Bonchev–Trinajstić information content (AvgIpc) is 2.88. The van der Waals surface area contributed by atoms with Crippen LogP contribution in [-0.4, -0.2) is 48.2 Å². The first-order chi connectivity index (χ1) is 9.63. The summed E-state index contributed by atoms with van der Waals surface area (Å²) in [5.41, 5.74) is 1.49. The molecule has 0 bridgehead atoms. The molecule has 110 valence electrons. The van der Waals surface area contributed by atoms with Crippen LogP contribution in [0.25, 0.3) is 0 Å². The molecule has 1 aromatic rings. The van der Waals surface area contributed by atoms with Crippen LogP contribution < -0.4 is 4.74 Å². The standard InChI is InChI=1S/C15H23N3O2/c1-17(2)9-10-18-14(13(20-3)11-16-18)15(19)12-7-5-4-6-8-12/h7,11H,4-6,8-10H2,1-3H3. The number of allylic oxidation sites excluding steroid dienone is 2. The highest BCUT2D eigenvalue weighted by Crippen LogP contribution is 2.26. The van der Waals surface area contributed by atoms with Crippen molar-refractivity contribution < 1.29 is 9.53 Å². The third-order valence-corrected chi connectivity index (χ3v) is 3.58. The Labute approximate surface area is 120 Å². The van der Waals surface area contributed by atoms with Gasteiger partial charge in [-0.15, -0.1) is 0 Å². The Morgan fingerprint density at radius 3 is 2.85 bits per heavy atom. The third kappa shape index (κ3) is 3.28. The quantitative estimate of drug-likeness (QED) is 0.747. The predicted molar refractivity (Wildman–Crippen MR) is 78.2 cm³/mol. The van der Waals surface area contributed by atoms with Gasteiger partial charge in [-0.3, -0.25) is 9.48 Å². The second-order valence-corrected chi connectivity index (χ2v) is 5.39. The van der Waals surface area contributed by atoms with Crippen LogP contribution in [0, 0.1) is 0 Å². The molecule has 0 N–H and O–H groups in total. The van der Waals surface area contributed by atoms with Gasteiger partial charge in [0, 0.05) is 6.54 Å². The maximum absolute atomic E-state index is 12.7. The summed E-state index contributed by atoms with van der Waals surface area (Å²) in [6.07, 6.45) is 7.82. The summed E-state index contributed by atoms with van der Waals surface area (Å²) in [6, 6.07) is 0. The maximum atomic E-state index is 12.7. The van der Waals surface area contributed by atoms with Crippen LogP contribution in [0.5, 0.6) is 5.75 Å². The van der Waals surface area contributed by atoms with E-state index in [1.165, 1.54) is 6.42 Å². The van der Waals surface area contributed by atoms with Gasteiger partial charge in [-0.2, -0.15) is 5.10 Å². The van der Waals surface area contributed by atoms with E-state index in [1.807, 2.05) is 14.1 Å². The van der Waals surface area contributed by atoms with Crippen LogP contribution in [0.15, 0.2) is 17.8 Å². The molecular formula is C15H23N3O2. The number of rotatable bonds is 6. The van der Waals surface area contributed by atoms with Crippen LogP contribution in [0.2, 0.25) is 0 Å². The Balaban J connectivity index is 2.25. The molecule has 1 aliphatic rings. The zero-order valence-corrected chi connectivity index (χ0v) is 12.6. The molecule has 0 amide bonds. The maximum Gasteiger partial charge on any atom is 0.210 e. The minimum Gasteiger partial charge on any atom is -0.493 e. The predicted octanol–water partition coefficient (Wildman–Crippen LogP) is 2.14. The Bertz CT molecular complexity index is 503. The zero-order valence-electron chi connectivity index (χ0n) is 12.6. The lowest BCUT2D eigenvalue weighted by molar-refractivity contribution is 0.101. The molecule has 0 aliphatic heterocycles. The van der Waals surface area contributed by atoms with Crippen LogP contribution in [0.3, 0.4) is 0 Å². The van der Waals surface area contributed by atoms with Crippen molar-refractivity contribution in [1.29, 1.82) is 0 Å². The van der Waals surface area contributed by atoms with Gasteiger partial charge in [-0.1, -0.05) is 6.08 Å². The number of ketones is 1. The Morgan fingerprint density at radius 1 is 1.45 bits per heavy atom. The van der Waals surface area contributed by atoms with E-state index in [0.717, 1.165) is 31.4 Å². The van der Waals surface area contributed by atoms with E-state index >= 15 is 0 Å². The number of hydrogen-bond donors (Lipinski definition) is 0. The lowest BCUT2D eigenvalue weighted by atomic mass is 9.95. The molecule has 0 saturated carbocycles. The van der Waals surface area contributed by atoms with Crippen LogP contribution in [-0.2, 0) is 6.54 Å². The smallest absolute Gasteiger partial charge is 0.210 e. The molecule has 0 saturated heterocycles. The van der Waals surface area contributed by atoms with Gasteiger partial charge in [-0.05, 0) is 45.4 Å². The van der Waals surface area contributed by atoms with Gasteiger partial charge in [0.2, 0.25) is 5.78 Å². The molecule has 0 fully saturated rings. The number of carbonyl (C=O) groups is 1. The summed E-state index contributed by atoms with van der Waals surface area (Å²) in [5.74, 6) is 0.637. The third-order valence-electron chi connectivity index (χ3n) is 3.58. The highest BCUT2D eigenvalue weighted by molar-refractivity contribution is 6.09. The normalized spacial score (nSPS) is 15.3. The van der Waals surface area contributed by atoms with E-state index in [2.05, 4.69) is 16.1 Å². The fourth-order valence-electron chi connectivity index (χ4n) is 2.41. The number of hydrogen-bond acceptors (Lipinski definition) is 4. The number of Topliss-reactive ketones (excluding diaryl/α,β-unsaturated/α-hetero) is 1. The Kier molecular flexibility index (Phi) is 4.95. The number of aromatic nitrogens is 2. The summed E-state index contributed by atoms with van der Waals surface area (Å²) >= 11 is 0. The number of carbonyl (C=O) groups excluding carboxylic acids is 1. The number of nitrogens with zero attached hydrogens (tertiary/aromatic N) is 3. The molecule has 2 rings (SSSR count). The molecule has 0 unspecified atom stereocenters. The largest absolute Gasteiger partial charge is 0.493 e. The van der Waals surface area contributed by atoms with Gasteiger partial charge in [0.15, 0.2) is 11.4 Å². The second-order valence-electron chi connectivity index (χ2n) is 5.39. The Morgan fingerprint density at radius 2 is 2.25 bits per heavy atom. The van der Waals surface area contributed by atoms with Crippen molar-refractivity contribution in [2.45, 2.75) is 32.2 Å². The van der Waals surface area contributed by atoms with Crippen LogP contribution in [0.1, 0.15) is 36.2 Å². The summed E-state index contributed by atoms with van der Waals surface area (Å²) in [5, 5.41) is 4.29. The molecule has 0 aromatic carbocycles. The van der Waals surface area contributed by atoms with Crippen molar-refractivity contribution >= 4 is 5.78 Å². The molecule has 20 heavy (non-hydrogen) atoms. The molecule has 0 radical (unpaired) electrons. The SMILES string of the molecule is COc1cnn(CCN(C)C)c1C(=O)C1=CCCCC1.